The van der Waals surface area contributed by atoms with E-state index < -0.39 is 17.1 Å². The Balaban J connectivity index is 1.35. The number of aryl methyl sites for hydroxylation is 1. The topological polar surface area (TPSA) is 75.7 Å². The first-order valence-corrected chi connectivity index (χ1v) is 11.7. The van der Waals surface area contributed by atoms with Crippen LogP contribution in [0.1, 0.15) is 16.7 Å². The standard InChI is InChI=1S/C26H21ClN2O4S/c1-17-2-10-21(11-3-17)28-24(30)15-29-25(31)23(34-26(29)32)14-18-6-12-22(13-7-18)33-16-19-4-8-20(27)9-5-19/h2-14H,15-16H2,1H3,(H,28,30). The molecule has 0 radical (unpaired) electrons. The van der Waals surface area contributed by atoms with Crippen LogP contribution >= 0.6 is 23.4 Å². The molecule has 6 nitrogen and oxygen atoms in total. The molecule has 0 aliphatic carbocycles. The van der Waals surface area contributed by atoms with Gasteiger partial charge in [-0.05, 0) is 72.3 Å². The third kappa shape index (κ3) is 6.07. The number of hydrogen-bond donors (Lipinski definition) is 1. The van der Waals surface area contributed by atoms with Gasteiger partial charge in [0.2, 0.25) is 5.91 Å². The zero-order chi connectivity index (χ0) is 24.1. The summed E-state index contributed by atoms with van der Waals surface area (Å²) in [5, 5.41) is 2.90. The molecule has 1 aliphatic heterocycles. The molecule has 0 bridgehead atoms. The third-order valence-electron chi connectivity index (χ3n) is 5.01. The lowest BCUT2D eigenvalue weighted by atomic mass is 10.2. The van der Waals surface area contributed by atoms with E-state index in [1.807, 2.05) is 43.3 Å². The Hall–Kier alpha value is -3.55. The van der Waals surface area contributed by atoms with Gasteiger partial charge in [0.15, 0.2) is 0 Å². The molecule has 1 heterocycles. The molecule has 0 atom stereocenters. The number of amides is 3. The van der Waals surface area contributed by atoms with Crippen molar-refractivity contribution in [2.24, 2.45) is 0 Å². The number of halogens is 1. The van der Waals surface area contributed by atoms with Gasteiger partial charge in [0.1, 0.15) is 18.9 Å². The lowest BCUT2D eigenvalue weighted by molar-refractivity contribution is -0.127. The van der Waals surface area contributed by atoms with Crippen LogP contribution in [0.15, 0.2) is 77.7 Å². The second-order valence-corrected chi connectivity index (χ2v) is 9.10. The van der Waals surface area contributed by atoms with Crippen LogP contribution in [0.3, 0.4) is 0 Å². The Morgan fingerprint density at radius 3 is 2.35 bits per heavy atom. The highest BCUT2D eigenvalue weighted by atomic mass is 35.5. The molecule has 0 unspecified atom stereocenters. The van der Waals surface area contributed by atoms with Crippen molar-refractivity contribution in [3.63, 3.8) is 0 Å². The van der Waals surface area contributed by atoms with Crippen molar-refractivity contribution < 1.29 is 19.1 Å². The molecule has 1 saturated heterocycles. The SMILES string of the molecule is Cc1ccc(NC(=O)CN2C(=O)SC(=Cc3ccc(OCc4ccc(Cl)cc4)cc3)C2=O)cc1. The van der Waals surface area contributed by atoms with E-state index in [4.69, 9.17) is 16.3 Å². The molecule has 8 heteroatoms. The minimum absolute atomic E-state index is 0.267. The number of hydrogen-bond acceptors (Lipinski definition) is 5. The molecule has 0 saturated carbocycles. The van der Waals surface area contributed by atoms with Crippen LogP contribution in [0.25, 0.3) is 6.08 Å². The number of carbonyl (C=O) groups excluding carboxylic acids is 3. The fraction of sp³-hybridized carbons (Fsp3) is 0.115. The second kappa shape index (κ2) is 10.6. The Morgan fingerprint density at radius 1 is 1.00 bits per heavy atom. The predicted molar refractivity (Wildman–Crippen MR) is 135 cm³/mol. The highest BCUT2D eigenvalue weighted by molar-refractivity contribution is 8.18. The van der Waals surface area contributed by atoms with E-state index >= 15 is 0 Å². The van der Waals surface area contributed by atoms with Crippen molar-refractivity contribution in [2.45, 2.75) is 13.5 Å². The van der Waals surface area contributed by atoms with Gasteiger partial charge in [-0.1, -0.05) is 53.6 Å². The summed E-state index contributed by atoms with van der Waals surface area (Å²) in [4.78, 5) is 38.6. The zero-order valence-electron chi connectivity index (χ0n) is 18.3. The molecular weight excluding hydrogens is 472 g/mol. The molecule has 0 spiro atoms. The first kappa shape index (κ1) is 23.6. The first-order valence-electron chi connectivity index (χ1n) is 10.5. The van der Waals surface area contributed by atoms with Gasteiger partial charge in [0.05, 0.1) is 4.91 Å². The minimum atomic E-state index is -0.489. The molecule has 3 aromatic rings. The Labute approximate surface area is 206 Å². The molecule has 1 N–H and O–H groups in total. The van der Waals surface area contributed by atoms with Crippen LogP contribution in [0.4, 0.5) is 10.5 Å². The number of nitrogens with zero attached hydrogens (tertiary/aromatic N) is 1. The van der Waals surface area contributed by atoms with Crippen LogP contribution in [0.2, 0.25) is 5.02 Å². The smallest absolute Gasteiger partial charge is 0.294 e. The summed E-state index contributed by atoms with van der Waals surface area (Å²) >= 11 is 6.71. The summed E-state index contributed by atoms with van der Waals surface area (Å²) < 4.78 is 5.77. The number of carbonyl (C=O) groups is 3. The summed E-state index contributed by atoms with van der Waals surface area (Å²) in [5.41, 5.74) is 3.41. The maximum atomic E-state index is 12.7. The largest absolute Gasteiger partial charge is 0.489 e. The Bertz CT molecular complexity index is 1240. The van der Waals surface area contributed by atoms with E-state index in [0.29, 0.717) is 23.1 Å². The van der Waals surface area contributed by atoms with Gasteiger partial charge in [-0.15, -0.1) is 0 Å². The van der Waals surface area contributed by atoms with Gasteiger partial charge < -0.3 is 10.1 Å². The number of thioether (sulfide) groups is 1. The van der Waals surface area contributed by atoms with E-state index in [0.717, 1.165) is 33.4 Å². The van der Waals surface area contributed by atoms with Crippen molar-refractivity contribution in [3.8, 4) is 5.75 Å². The third-order valence-corrected chi connectivity index (χ3v) is 6.17. The number of benzene rings is 3. The number of rotatable bonds is 7. The molecule has 1 aliphatic rings. The predicted octanol–water partition coefficient (Wildman–Crippen LogP) is 5.90. The minimum Gasteiger partial charge on any atom is -0.489 e. The summed E-state index contributed by atoms with van der Waals surface area (Å²) in [6.45, 7) is 2.01. The summed E-state index contributed by atoms with van der Waals surface area (Å²) in [7, 11) is 0. The summed E-state index contributed by atoms with van der Waals surface area (Å²) in [6, 6.07) is 21.9. The first-order chi connectivity index (χ1) is 16.4. The van der Waals surface area contributed by atoms with E-state index in [9.17, 15) is 14.4 Å². The second-order valence-electron chi connectivity index (χ2n) is 7.67. The lowest BCUT2D eigenvalue weighted by Crippen LogP contribution is -2.36. The van der Waals surface area contributed by atoms with Crippen LogP contribution in [0, 0.1) is 6.92 Å². The number of anilines is 1. The molecule has 172 valence electrons. The van der Waals surface area contributed by atoms with Gasteiger partial charge >= 0.3 is 0 Å². The monoisotopic (exact) mass is 492 g/mol. The highest BCUT2D eigenvalue weighted by Crippen LogP contribution is 2.32. The molecule has 34 heavy (non-hydrogen) atoms. The molecular formula is C26H21ClN2O4S. The zero-order valence-corrected chi connectivity index (χ0v) is 19.9. The van der Waals surface area contributed by atoms with Crippen LogP contribution in [-0.2, 0) is 16.2 Å². The molecule has 1 fully saturated rings. The van der Waals surface area contributed by atoms with Crippen molar-refractivity contribution in [1.82, 2.24) is 4.90 Å². The molecule has 3 amide bonds. The Morgan fingerprint density at radius 2 is 1.68 bits per heavy atom. The molecule has 0 aromatic heterocycles. The normalized spacial score (nSPS) is 14.5. The lowest BCUT2D eigenvalue weighted by Gasteiger charge is -2.12. The van der Waals surface area contributed by atoms with Crippen molar-refractivity contribution in [1.29, 1.82) is 0 Å². The number of ether oxygens (including phenoxy) is 1. The maximum absolute atomic E-state index is 12.7. The van der Waals surface area contributed by atoms with E-state index in [1.54, 1.807) is 42.5 Å². The van der Waals surface area contributed by atoms with Gasteiger partial charge in [0.25, 0.3) is 11.1 Å². The fourth-order valence-corrected chi connectivity index (χ4v) is 4.14. The van der Waals surface area contributed by atoms with Gasteiger partial charge in [-0.2, -0.15) is 0 Å². The average Bonchev–Trinajstić information content (AvgIpc) is 3.08. The average molecular weight is 493 g/mol. The van der Waals surface area contributed by atoms with E-state index in [1.165, 1.54) is 0 Å². The van der Waals surface area contributed by atoms with Crippen molar-refractivity contribution >= 4 is 52.2 Å². The van der Waals surface area contributed by atoms with Gasteiger partial charge in [-0.25, -0.2) is 0 Å². The van der Waals surface area contributed by atoms with Crippen molar-refractivity contribution in [3.05, 3.63) is 99.4 Å². The summed E-state index contributed by atoms with van der Waals surface area (Å²) in [6.07, 6.45) is 1.63. The van der Waals surface area contributed by atoms with Crippen molar-refractivity contribution in [2.75, 3.05) is 11.9 Å². The van der Waals surface area contributed by atoms with E-state index in [-0.39, 0.29) is 11.4 Å². The summed E-state index contributed by atoms with van der Waals surface area (Å²) in [5.74, 6) is -0.250. The highest BCUT2D eigenvalue weighted by Gasteiger charge is 2.36. The fourth-order valence-electron chi connectivity index (χ4n) is 3.18. The van der Waals surface area contributed by atoms with Crippen LogP contribution in [0.5, 0.6) is 5.75 Å². The van der Waals surface area contributed by atoms with Crippen LogP contribution in [-0.4, -0.2) is 28.5 Å². The number of nitrogens with one attached hydrogen (secondary N) is 1. The van der Waals surface area contributed by atoms with E-state index in [2.05, 4.69) is 5.32 Å². The van der Waals surface area contributed by atoms with Gasteiger partial charge in [-0.3, -0.25) is 19.3 Å². The molecule has 4 rings (SSSR count). The quantitative estimate of drug-likeness (QED) is 0.415. The number of imide groups is 1. The van der Waals surface area contributed by atoms with Gasteiger partial charge in [0, 0.05) is 10.7 Å². The maximum Gasteiger partial charge on any atom is 0.294 e. The van der Waals surface area contributed by atoms with Crippen LogP contribution < -0.4 is 10.1 Å². The molecule has 3 aromatic carbocycles. The Kier molecular flexibility index (Phi) is 7.35.